The molecule has 0 bridgehead atoms. The van der Waals surface area contributed by atoms with E-state index in [1.165, 1.54) is 30.0 Å². The lowest BCUT2D eigenvalue weighted by molar-refractivity contribution is 0.0932. The molecule has 23 heavy (non-hydrogen) atoms. The van der Waals surface area contributed by atoms with Crippen molar-refractivity contribution in [3.8, 4) is 5.69 Å². The van der Waals surface area contributed by atoms with Gasteiger partial charge in [-0.15, -0.1) is 0 Å². The number of benzene rings is 1. The largest absolute Gasteiger partial charge is 0.348 e. The zero-order valence-electron chi connectivity index (χ0n) is 13.8. The lowest BCUT2D eigenvalue weighted by Crippen LogP contribution is -2.32. The van der Waals surface area contributed by atoms with Crippen LogP contribution in [0, 0.1) is 5.82 Å². The van der Waals surface area contributed by atoms with Crippen molar-refractivity contribution in [3.63, 3.8) is 0 Å². The fourth-order valence-corrected chi connectivity index (χ4v) is 2.46. The summed E-state index contributed by atoms with van der Waals surface area (Å²) in [5, 5.41) is 7.11. The number of hydrogen-bond acceptors (Lipinski definition) is 2. The summed E-state index contributed by atoms with van der Waals surface area (Å²) >= 11 is 0. The number of amides is 1. The number of rotatable bonds is 8. The molecule has 5 heteroatoms. The Morgan fingerprint density at radius 1 is 1.26 bits per heavy atom. The second-order valence-electron chi connectivity index (χ2n) is 5.82. The van der Waals surface area contributed by atoms with E-state index in [4.69, 9.17) is 0 Å². The molecule has 0 aliphatic heterocycles. The van der Waals surface area contributed by atoms with E-state index in [1.54, 1.807) is 30.5 Å². The van der Waals surface area contributed by atoms with Gasteiger partial charge in [0.1, 0.15) is 11.5 Å². The van der Waals surface area contributed by atoms with Gasteiger partial charge in [0.25, 0.3) is 5.91 Å². The minimum atomic E-state index is -0.369. The zero-order valence-corrected chi connectivity index (χ0v) is 13.8. The predicted octanol–water partition coefficient (Wildman–Crippen LogP) is 4.10. The number of hydrogen-bond donors (Lipinski definition) is 1. The van der Waals surface area contributed by atoms with Crippen molar-refractivity contribution in [2.45, 2.75) is 52.0 Å². The third-order valence-corrected chi connectivity index (χ3v) is 3.79. The van der Waals surface area contributed by atoms with E-state index in [9.17, 15) is 9.18 Å². The molecule has 1 N–H and O–H groups in total. The molecule has 0 saturated carbocycles. The SMILES string of the molecule is CCCCCCC(C)NC(=O)c1ccn(-c2ccccc2F)n1. The van der Waals surface area contributed by atoms with Gasteiger partial charge in [-0.1, -0.05) is 44.7 Å². The molecule has 1 atom stereocenters. The average molecular weight is 317 g/mol. The number of aromatic nitrogens is 2. The second kappa shape index (κ2) is 8.46. The Hall–Kier alpha value is -2.17. The lowest BCUT2D eigenvalue weighted by Gasteiger charge is -2.12. The molecule has 1 aromatic carbocycles. The Balaban J connectivity index is 1.92. The molecular weight excluding hydrogens is 293 g/mol. The maximum absolute atomic E-state index is 13.7. The average Bonchev–Trinajstić information content (AvgIpc) is 3.02. The van der Waals surface area contributed by atoms with Gasteiger partial charge in [-0.05, 0) is 31.5 Å². The quantitative estimate of drug-likeness (QED) is 0.745. The van der Waals surface area contributed by atoms with Crippen molar-refractivity contribution < 1.29 is 9.18 Å². The number of carbonyl (C=O) groups excluding carboxylic acids is 1. The first-order valence-electron chi connectivity index (χ1n) is 8.23. The highest BCUT2D eigenvalue weighted by Crippen LogP contribution is 2.12. The first-order valence-corrected chi connectivity index (χ1v) is 8.23. The van der Waals surface area contributed by atoms with Gasteiger partial charge in [0, 0.05) is 12.2 Å². The van der Waals surface area contributed by atoms with Crippen molar-refractivity contribution in [2.75, 3.05) is 0 Å². The maximum Gasteiger partial charge on any atom is 0.271 e. The van der Waals surface area contributed by atoms with Gasteiger partial charge in [0.15, 0.2) is 5.69 Å². The number of halogens is 1. The first-order chi connectivity index (χ1) is 11.1. The third-order valence-electron chi connectivity index (χ3n) is 3.79. The summed E-state index contributed by atoms with van der Waals surface area (Å²) in [5.41, 5.74) is 0.632. The Kier molecular flexibility index (Phi) is 6.32. The Bertz CT molecular complexity index is 639. The summed E-state index contributed by atoms with van der Waals surface area (Å²) in [7, 11) is 0. The molecule has 4 nitrogen and oxygen atoms in total. The molecule has 0 radical (unpaired) electrons. The molecule has 1 aromatic heterocycles. The molecule has 1 amide bonds. The van der Waals surface area contributed by atoms with Crippen LogP contribution in [-0.4, -0.2) is 21.7 Å². The van der Waals surface area contributed by atoms with Gasteiger partial charge in [0.05, 0.1) is 0 Å². The van der Waals surface area contributed by atoms with E-state index in [0.717, 1.165) is 12.8 Å². The molecule has 0 aliphatic rings. The van der Waals surface area contributed by atoms with E-state index in [0.29, 0.717) is 11.4 Å². The van der Waals surface area contributed by atoms with Gasteiger partial charge in [-0.3, -0.25) is 4.79 Å². The molecule has 2 aromatic rings. The van der Waals surface area contributed by atoms with E-state index in [2.05, 4.69) is 17.3 Å². The highest BCUT2D eigenvalue weighted by atomic mass is 19.1. The summed E-state index contributed by atoms with van der Waals surface area (Å²) in [6.07, 6.45) is 7.29. The van der Waals surface area contributed by atoms with E-state index in [-0.39, 0.29) is 17.8 Å². The van der Waals surface area contributed by atoms with Gasteiger partial charge >= 0.3 is 0 Å². The van der Waals surface area contributed by atoms with Crippen LogP contribution in [0.5, 0.6) is 0 Å². The van der Waals surface area contributed by atoms with Crippen LogP contribution in [0.1, 0.15) is 56.4 Å². The van der Waals surface area contributed by atoms with Crippen molar-refractivity contribution in [2.24, 2.45) is 0 Å². The minimum absolute atomic E-state index is 0.109. The Morgan fingerprint density at radius 3 is 2.78 bits per heavy atom. The van der Waals surface area contributed by atoms with Crippen LogP contribution in [0.2, 0.25) is 0 Å². The number of unbranched alkanes of at least 4 members (excludes halogenated alkanes) is 3. The van der Waals surface area contributed by atoms with Crippen molar-refractivity contribution in [3.05, 3.63) is 48.0 Å². The molecule has 0 saturated heterocycles. The Labute approximate surface area is 136 Å². The molecule has 124 valence electrons. The third kappa shape index (κ3) is 4.91. The summed E-state index contributed by atoms with van der Waals surface area (Å²) in [4.78, 5) is 12.2. The summed E-state index contributed by atoms with van der Waals surface area (Å²) in [6.45, 7) is 4.18. The van der Waals surface area contributed by atoms with Crippen LogP contribution >= 0.6 is 0 Å². The van der Waals surface area contributed by atoms with Gasteiger partial charge in [-0.2, -0.15) is 5.10 Å². The molecule has 0 spiro atoms. The molecule has 0 fully saturated rings. The summed E-state index contributed by atoms with van der Waals surface area (Å²) < 4.78 is 15.1. The topological polar surface area (TPSA) is 46.9 Å². The minimum Gasteiger partial charge on any atom is -0.348 e. The van der Waals surface area contributed by atoms with E-state index >= 15 is 0 Å². The number of para-hydroxylation sites is 1. The molecule has 1 heterocycles. The van der Waals surface area contributed by atoms with Crippen LogP contribution in [0.3, 0.4) is 0 Å². The van der Waals surface area contributed by atoms with Gasteiger partial charge in [0.2, 0.25) is 0 Å². The number of nitrogens with zero attached hydrogens (tertiary/aromatic N) is 2. The monoisotopic (exact) mass is 317 g/mol. The lowest BCUT2D eigenvalue weighted by atomic mass is 10.1. The van der Waals surface area contributed by atoms with Gasteiger partial charge in [-0.25, -0.2) is 9.07 Å². The number of carbonyl (C=O) groups is 1. The maximum atomic E-state index is 13.7. The van der Waals surface area contributed by atoms with Crippen LogP contribution in [0.15, 0.2) is 36.5 Å². The molecule has 0 aliphatic carbocycles. The summed E-state index contributed by atoms with van der Waals surface area (Å²) in [5.74, 6) is -0.588. The standard InChI is InChI=1S/C18H24FN3O/c1-3-4-5-6-9-14(2)20-18(23)16-12-13-22(21-16)17-11-8-7-10-15(17)19/h7-8,10-14H,3-6,9H2,1-2H3,(H,20,23). The van der Waals surface area contributed by atoms with Crippen LogP contribution < -0.4 is 5.32 Å². The van der Waals surface area contributed by atoms with Crippen LogP contribution in [-0.2, 0) is 0 Å². The first kappa shape index (κ1) is 17.2. The van der Waals surface area contributed by atoms with Crippen LogP contribution in [0.25, 0.3) is 5.69 Å². The predicted molar refractivity (Wildman–Crippen MR) is 89.2 cm³/mol. The van der Waals surface area contributed by atoms with Crippen molar-refractivity contribution in [1.29, 1.82) is 0 Å². The van der Waals surface area contributed by atoms with E-state index < -0.39 is 0 Å². The van der Waals surface area contributed by atoms with Gasteiger partial charge < -0.3 is 5.32 Å². The van der Waals surface area contributed by atoms with E-state index in [1.807, 2.05) is 6.92 Å². The smallest absolute Gasteiger partial charge is 0.271 e. The Morgan fingerprint density at radius 2 is 2.04 bits per heavy atom. The highest BCUT2D eigenvalue weighted by molar-refractivity contribution is 5.92. The molecule has 2 rings (SSSR count). The van der Waals surface area contributed by atoms with Crippen LogP contribution in [0.4, 0.5) is 4.39 Å². The molecule has 1 unspecified atom stereocenters. The molecular formula is C18H24FN3O. The number of nitrogens with one attached hydrogen (secondary N) is 1. The highest BCUT2D eigenvalue weighted by Gasteiger charge is 2.14. The van der Waals surface area contributed by atoms with Crippen molar-refractivity contribution in [1.82, 2.24) is 15.1 Å². The second-order valence-corrected chi connectivity index (χ2v) is 5.82. The summed E-state index contributed by atoms with van der Waals surface area (Å²) in [6, 6.07) is 8.06. The normalized spacial score (nSPS) is 12.1. The van der Waals surface area contributed by atoms with Crippen molar-refractivity contribution >= 4 is 5.91 Å². The zero-order chi connectivity index (χ0) is 16.7. The fourth-order valence-electron chi connectivity index (χ4n) is 2.46. The fraction of sp³-hybridized carbons (Fsp3) is 0.444.